The molecule has 6 nitrogen and oxygen atoms in total. The molecule has 6 heteroatoms. The molecular weight excluding hydrogens is 244 g/mol. The maximum absolute atomic E-state index is 11.9. The van der Waals surface area contributed by atoms with Crippen LogP contribution in [-0.4, -0.2) is 15.6 Å². The fourth-order valence-corrected chi connectivity index (χ4v) is 2.55. The van der Waals surface area contributed by atoms with Crippen LogP contribution in [0.4, 0.5) is 11.5 Å². The standard InChI is InChI=1S/C13H22N4O2/c1-8(2)7-17-11(14)10(12(18)16-13(17)19)15-9-5-3-4-6-9/h8-9,15H,3-7,14H2,1-2H3,(H,16,18,19). The van der Waals surface area contributed by atoms with E-state index in [4.69, 9.17) is 5.73 Å². The Bertz CT molecular complexity index is 553. The van der Waals surface area contributed by atoms with Crippen molar-refractivity contribution in [3.8, 4) is 0 Å². The number of nitrogens with one attached hydrogen (secondary N) is 2. The summed E-state index contributed by atoms with van der Waals surface area (Å²) in [7, 11) is 0. The quantitative estimate of drug-likeness (QED) is 0.761. The lowest BCUT2D eigenvalue weighted by molar-refractivity contribution is 0.508. The Hall–Kier alpha value is -1.72. The summed E-state index contributed by atoms with van der Waals surface area (Å²) >= 11 is 0. The Labute approximate surface area is 112 Å². The average Bonchev–Trinajstić information content (AvgIpc) is 2.82. The Morgan fingerprint density at radius 2 is 2.00 bits per heavy atom. The molecule has 0 aromatic carbocycles. The number of aromatic amines is 1. The van der Waals surface area contributed by atoms with Gasteiger partial charge in [-0.25, -0.2) is 4.79 Å². The van der Waals surface area contributed by atoms with Crippen LogP contribution in [0.25, 0.3) is 0 Å². The number of anilines is 2. The predicted molar refractivity (Wildman–Crippen MR) is 76.5 cm³/mol. The summed E-state index contributed by atoms with van der Waals surface area (Å²) in [5, 5.41) is 3.19. The number of hydrogen-bond donors (Lipinski definition) is 3. The Kier molecular flexibility index (Phi) is 3.97. The number of hydrogen-bond acceptors (Lipinski definition) is 4. The van der Waals surface area contributed by atoms with Gasteiger partial charge in [0.25, 0.3) is 5.56 Å². The minimum absolute atomic E-state index is 0.245. The Morgan fingerprint density at radius 1 is 1.37 bits per heavy atom. The second-order valence-electron chi connectivity index (χ2n) is 5.65. The van der Waals surface area contributed by atoms with Gasteiger partial charge in [0.05, 0.1) is 0 Å². The van der Waals surface area contributed by atoms with E-state index in [0.29, 0.717) is 12.2 Å². The molecule has 0 unspecified atom stereocenters. The molecule has 2 rings (SSSR count). The average molecular weight is 266 g/mol. The Morgan fingerprint density at radius 3 is 2.58 bits per heavy atom. The van der Waals surface area contributed by atoms with Gasteiger partial charge >= 0.3 is 5.69 Å². The van der Waals surface area contributed by atoms with Crippen molar-refractivity contribution < 1.29 is 0 Å². The van der Waals surface area contributed by atoms with Crippen LogP contribution in [-0.2, 0) is 6.54 Å². The summed E-state index contributed by atoms with van der Waals surface area (Å²) in [4.78, 5) is 26.0. The molecule has 0 aliphatic heterocycles. The summed E-state index contributed by atoms with van der Waals surface area (Å²) in [6, 6.07) is 0.286. The van der Waals surface area contributed by atoms with E-state index in [9.17, 15) is 9.59 Å². The summed E-state index contributed by atoms with van der Waals surface area (Å²) in [5.41, 5.74) is 5.47. The van der Waals surface area contributed by atoms with Crippen molar-refractivity contribution in [3.63, 3.8) is 0 Å². The highest BCUT2D eigenvalue weighted by Crippen LogP contribution is 2.22. The molecule has 1 aliphatic carbocycles. The van der Waals surface area contributed by atoms with E-state index < -0.39 is 11.2 Å². The van der Waals surface area contributed by atoms with Gasteiger partial charge < -0.3 is 11.1 Å². The van der Waals surface area contributed by atoms with Crippen molar-refractivity contribution >= 4 is 11.5 Å². The van der Waals surface area contributed by atoms with Crippen LogP contribution in [0.5, 0.6) is 0 Å². The molecule has 0 spiro atoms. The molecule has 1 heterocycles. The highest BCUT2D eigenvalue weighted by atomic mass is 16.2. The third-order valence-corrected chi connectivity index (χ3v) is 3.49. The SMILES string of the molecule is CC(C)Cn1c(N)c(NC2CCCC2)c(=O)[nH]c1=O. The molecule has 1 aliphatic rings. The maximum atomic E-state index is 11.9. The zero-order valence-electron chi connectivity index (χ0n) is 11.5. The number of rotatable bonds is 4. The maximum Gasteiger partial charge on any atom is 0.330 e. The zero-order valence-corrected chi connectivity index (χ0v) is 11.5. The van der Waals surface area contributed by atoms with E-state index >= 15 is 0 Å². The summed E-state index contributed by atoms with van der Waals surface area (Å²) < 4.78 is 1.43. The van der Waals surface area contributed by atoms with Gasteiger partial charge in [0.1, 0.15) is 11.5 Å². The van der Waals surface area contributed by atoms with Crippen LogP contribution in [0.15, 0.2) is 9.59 Å². The molecule has 4 N–H and O–H groups in total. The van der Waals surface area contributed by atoms with Crippen molar-refractivity contribution in [3.05, 3.63) is 20.8 Å². The molecule has 106 valence electrons. The first-order valence-electron chi connectivity index (χ1n) is 6.88. The zero-order chi connectivity index (χ0) is 14.0. The normalized spacial score (nSPS) is 16.2. The molecule has 1 aromatic heterocycles. The fourth-order valence-electron chi connectivity index (χ4n) is 2.55. The number of nitrogens with zero attached hydrogens (tertiary/aromatic N) is 1. The number of aromatic nitrogens is 2. The highest BCUT2D eigenvalue weighted by molar-refractivity contribution is 5.60. The van der Waals surface area contributed by atoms with E-state index in [1.54, 1.807) is 0 Å². The molecule has 0 atom stereocenters. The van der Waals surface area contributed by atoms with Gasteiger partial charge in [-0.05, 0) is 18.8 Å². The smallest absolute Gasteiger partial charge is 0.330 e. The first-order valence-corrected chi connectivity index (χ1v) is 6.88. The molecule has 0 amide bonds. The van der Waals surface area contributed by atoms with E-state index in [2.05, 4.69) is 10.3 Å². The van der Waals surface area contributed by atoms with Gasteiger partial charge in [0.2, 0.25) is 0 Å². The summed E-state index contributed by atoms with van der Waals surface area (Å²) in [6.07, 6.45) is 4.42. The van der Waals surface area contributed by atoms with Crippen molar-refractivity contribution in [2.75, 3.05) is 11.1 Å². The van der Waals surface area contributed by atoms with E-state index in [1.807, 2.05) is 13.8 Å². The van der Waals surface area contributed by atoms with Crippen LogP contribution in [0.2, 0.25) is 0 Å². The molecule has 1 saturated carbocycles. The van der Waals surface area contributed by atoms with Crippen LogP contribution in [0.3, 0.4) is 0 Å². The highest BCUT2D eigenvalue weighted by Gasteiger charge is 2.19. The first-order chi connectivity index (χ1) is 8.99. The van der Waals surface area contributed by atoms with E-state index in [0.717, 1.165) is 12.8 Å². The second kappa shape index (κ2) is 5.50. The number of nitrogen functional groups attached to an aromatic ring is 1. The van der Waals surface area contributed by atoms with Gasteiger partial charge in [0, 0.05) is 12.6 Å². The predicted octanol–water partition coefficient (Wildman–Crippen LogP) is 1.13. The van der Waals surface area contributed by atoms with Crippen molar-refractivity contribution in [2.24, 2.45) is 5.92 Å². The van der Waals surface area contributed by atoms with Gasteiger partial charge in [-0.15, -0.1) is 0 Å². The lowest BCUT2D eigenvalue weighted by atomic mass is 10.2. The third-order valence-electron chi connectivity index (χ3n) is 3.49. The largest absolute Gasteiger partial charge is 0.383 e. The van der Waals surface area contributed by atoms with Crippen LogP contribution < -0.4 is 22.3 Å². The van der Waals surface area contributed by atoms with Crippen LogP contribution in [0, 0.1) is 5.92 Å². The lowest BCUT2D eigenvalue weighted by Crippen LogP contribution is -2.36. The van der Waals surface area contributed by atoms with Gasteiger partial charge in [-0.2, -0.15) is 0 Å². The molecule has 0 radical (unpaired) electrons. The molecule has 1 aromatic rings. The minimum atomic E-state index is -0.437. The van der Waals surface area contributed by atoms with Crippen molar-refractivity contribution in [2.45, 2.75) is 52.1 Å². The number of nitrogens with two attached hydrogens (primary N) is 1. The van der Waals surface area contributed by atoms with Gasteiger partial charge in [0.15, 0.2) is 0 Å². The van der Waals surface area contributed by atoms with E-state index in [-0.39, 0.29) is 17.8 Å². The fraction of sp³-hybridized carbons (Fsp3) is 0.692. The summed E-state index contributed by atoms with van der Waals surface area (Å²) in [5.74, 6) is 0.527. The van der Waals surface area contributed by atoms with Gasteiger partial charge in [-0.1, -0.05) is 26.7 Å². The van der Waals surface area contributed by atoms with Crippen LogP contribution in [0.1, 0.15) is 39.5 Å². The molecule has 1 fully saturated rings. The second-order valence-corrected chi connectivity index (χ2v) is 5.65. The lowest BCUT2D eigenvalue weighted by Gasteiger charge is -2.18. The Balaban J connectivity index is 2.36. The van der Waals surface area contributed by atoms with Crippen LogP contribution >= 0.6 is 0 Å². The van der Waals surface area contributed by atoms with Crippen molar-refractivity contribution in [1.82, 2.24) is 9.55 Å². The van der Waals surface area contributed by atoms with Crippen molar-refractivity contribution in [1.29, 1.82) is 0 Å². The molecule has 19 heavy (non-hydrogen) atoms. The third kappa shape index (κ3) is 3.00. The topological polar surface area (TPSA) is 92.9 Å². The molecule has 0 bridgehead atoms. The van der Waals surface area contributed by atoms with E-state index in [1.165, 1.54) is 17.4 Å². The monoisotopic (exact) mass is 266 g/mol. The first kappa shape index (κ1) is 13.7. The van der Waals surface area contributed by atoms with Gasteiger partial charge in [-0.3, -0.25) is 14.3 Å². The molecular formula is C13H22N4O2. The minimum Gasteiger partial charge on any atom is -0.383 e. The molecule has 0 saturated heterocycles. The number of H-pyrrole nitrogens is 1. The summed E-state index contributed by atoms with van der Waals surface area (Å²) in [6.45, 7) is 4.50.